The average Bonchev–Trinajstić information content (AvgIpc) is 2.39. The maximum atomic E-state index is 13.4. The first-order chi connectivity index (χ1) is 9.11. The lowest BCUT2D eigenvalue weighted by atomic mass is 10.0. The molecule has 4 heteroatoms. The van der Waals surface area contributed by atoms with Crippen LogP contribution in [0.5, 0.6) is 0 Å². The number of hydrogen-bond acceptors (Lipinski definition) is 2. The molecule has 1 amide bonds. The highest BCUT2D eigenvalue weighted by molar-refractivity contribution is 5.94. The third kappa shape index (κ3) is 3.32. The van der Waals surface area contributed by atoms with Gasteiger partial charge in [0.25, 0.3) is 5.91 Å². The number of nitrogens with zero attached hydrogens (tertiary/aromatic N) is 1. The van der Waals surface area contributed by atoms with Gasteiger partial charge in [0.1, 0.15) is 5.82 Å². The lowest BCUT2D eigenvalue weighted by molar-refractivity contribution is 0.0655. The van der Waals surface area contributed by atoms with E-state index in [9.17, 15) is 9.18 Å². The van der Waals surface area contributed by atoms with E-state index in [1.165, 1.54) is 12.1 Å². The van der Waals surface area contributed by atoms with Gasteiger partial charge in [-0.15, -0.1) is 0 Å². The molecule has 1 aromatic rings. The van der Waals surface area contributed by atoms with Gasteiger partial charge < -0.3 is 10.2 Å². The van der Waals surface area contributed by atoms with Crippen molar-refractivity contribution in [3.05, 3.63) is 35.1 Å². The van der Waals surface area contributed by atoms with Crippen molar-refractivity contribution in [1.29, 1.82) is 0 Å². The van der Waals surface area contributed by atoms with E-state index < -0.39 is 0 Å². The third-order valence-corrected chi connectivity index (χ3v) is 3.64. The van der Waals surface area contributed by atoms with E-state index >= 15 is 0 Å². The highest BCUT2D eigenvalue weighted by Crippen LogP contribution is 2.17. The van der Waals surface area contributed by atoms with Crippen LogP contribution in [0.3, 0.4) is 0 Å². The first kappa shape index (κ1) is 14.0. The van der Waals surface area contributed by atoms with Crippen LogP contribution >= 0.6 is 0 Å². The molecular formula is C15H21FN2O. The minimum atomic E-state index is -0.343. The summed E-state index contributed by atoms with van der Waals surface area (Å²) < 4.78 is 13.4. The molecule has 0 spiro atoms. The summed E-state index contributed by atoms with van der Waals surface area (Å²) in [4.78, 5) is 14.4. The molecule has 0 saturated carbocycles. The Morgan fingerprint density at radius 1 is 1.37 bits per heavy atom. The molecule has 0 aliphatic carbocycles. The Hall–Kier alpha value is -1.42. The Morgan fingerprint density at radius 2 is 2.05 bits per heavy atom. The van der Waals surface area contributed by atoms with Crippen molar-refractivity contribution < 1.29 is 9.18 Å². The van der Waals surface area contributed by atoms with Crippen LogP contribution < -0.4 is 5.32 Å². The number of carbonyl (C=O) groups excluding carboxylic acids is 1. The van der Waals surface area contributed by atoms with E-state index in [0.717, 1.165) is 31.5 Å². The van der Waals surface area contributed by atoms with E-state index in [0.29, 0.717) is 12.1 Å². The zero-order chi connectivity index (χ0) is 13.8. The fourth-order valence-electron chi connectivity index (χ4n) is 2.71. The van der Waals surface area contributed by atoms with E-state index in [2.05, 4.69) is 5.32 Å². The van der Waals surface area contributed by atoms with Gasteiger partial charge in [0, 0.05) is 18.2 Å². The third-order valence-electron chi connectivity index (χ3n) is 3.64. The van der Waals surface area contributed by atoms with E-state index in [1.54, 1.807) is 13.0 Å². The quantitative estimate of drug-likeness (QED) is 0.909. The second kappa shape index (κ2) is 6.15. The second-order valence-electron chi connectivity index (χ2n) is 5.09. The Balaban J connectivity index is 2.19. The molecule has 1 aromatic carbocycles. The molecule has 3 nitrogen and oxygen atoms in total. The molecule has 19 heavy (non-hydrogen) atoms. The molecule has 0 atom stereocenters. The first-order valence-electron chi connectivity index (χ1n) is 6.90. The molecule has 1 N–H and O–H groups in total. The zero-order valence-corrected chi connectivity index (χ0v) is 11.6. The Bertz CT molecular complexity index is 435. The van der Waals surface area contributed by atoms with E-state index in [-0.39, 0.29) is 17.8 Å². The summed E-state index contributed by atoms with van der Waals surface area (Å²) in [5, 5.41) is 3.29. The number of halogens is 1. The van der Waals surface area contributed by atoms with Crippen molar-refractivity contribution in [2.45, 2.75) is 32.7 Å². The Morgan fingerprint density at radius 3 is 2.63 bits per heavy atom. The summed E-state index contributed by atoms with van der Waals surface area (Å²) in [7, 11) is 0. The van der Waals surface area contributed by atoms with Gasteiger partial charge in [-0.2, -0.15) is 0 Å². The minimum Gasteiger partial charge on any atom is -0.336 e. The zero-order valence-electron chi connectivity index (χ0n) is 11.6. The summed E-state index contributed by atoms with van der Waals surface area (Å²) in [5.74, 6) is -0.401. The van der Waals surface area contributed by atoms with Crippen LogP contribution in [0.1, 0.15) is 35.7 Å². The Labute approximate surface area is 113 Å². The second-order valence-corrected chi connectivity index (χ2v) is 5.09. The highest BCUT2D eigenvalue weighted by atomic mass is 19.1. The number of piperidine rings is 1. The van der Waals surface area contributed by atoms with Gasteiger partial charge >= 0.3 is 0 Å². The monoisotopic (exact) mass is 264 g/mol. The van der Waals surface area contributed by atoms with Crippen LogP contribution in [0.2, 0.25) is 0 Å². The minimum absolute atomic E-state index is 0.0583. The molecule has 1 heterocycles. The van der Waals surface area contributed by atoms with Gasteiger partial charge in [0.05, 0.1) is 0 Å². The molecule has 1 saturated heterocycles. The smallest absolute Gasteiger partial charge is 0.254 e. The van der Waals surface area contributed by atoms with Crippen LogP contribution in [0.4, 0.5) is 4.39 Å². The number of nitrogens with one attached hydrogen (secondary N) is 1. The van der Waals surface area contributed by atoms with Gasteiger partial charge in [-0.05, 0) is 63.5 Å². The van der Waals surface area contributed by atoms with Crippen molar-refractivity contribution in [2.75, 3.05) is 19.6 Å². The number of rotatable bonds is 3. The lowest BCUT2D eigenvalue weighted by Crippen LogP contribution is -2.46. The fourth-order valence-corrected chi connectivity index (χ4v) is 2.71. The van der Waals surface area contributed by atoms with Crippen LogP contribution in [0.15, 0.2) is 18.2 Å². The van der Waals surface area contributed by atoms with Crippen molar-refractivity contribution in [1.82, 2.24) is 10.2 Å². The maximum absolute atomic E-state index is 13.4. The SMILES string of the molecule is CCN(C(=O)c1cc(C)cc(F)c1)C1CCNCC1. The normalized spacial score (nSPS) is 16.4. The maximum Gasteiger partial charge on any atom is 0.254 e. The summed E-state index contributed by atoms with van der Waals surface area (Å²) in [6.07, 6.45) is 1.93. The number of amides is 1. The van der Waals surface area contributed by atoms with E-state index in [4.69, 9.17) is 0 Å². The standard InChI is InChI=1S/C15H21FN2O/c1-3-18(14-4-6-17-7-5-14)15(19)12-8-11(2)9-13(16)10-12/h8-10,14,17H,3-7H2,1-2H3. The average molecular weight is 264 g/mol. The summed E-state index contributed by atoms with van der Waals surface area (Å²) in [6.45, 7) is 6.33. The van der Waals surface area contributed by atoms with Gasteiger partial charge in [-0.1, -0.05) is 0 Å². The number of aryl methyl sites for hydroxylation is 1. The Kier molecular flexibility index (Phi) is 4.53. The lowest BCUT2D eigenvalue weighted by Gasteiger charge is -2.34. The molecule has 1 fully saturated rings. The molecule has 1 aliphatic rings. The highest BCUT2D eigenvalue weighted by Gasteiger charge is 2.25. The van der Waals surface area contributed by atoms with Crippen LogP contribution in [-0.4, -0.2) is 36.5 Å². The van der Waals surface area contributed by atoms with Crippen molar-refractivity contribution in [3.8, 4) is 0 Å². The van der Waals surface area contributed by atoms with Crippen molar-refractivity contribution in [2.24, 2.45) is 0 Å². The summed E-state index contributed by atoms with van der Waals surface area (Å²) >= 11 is 0. The molecular weight excluding hydrogens is 243 g/mol. The molecule has 1 aliphatic heterocycles. The number of benzene rings is 1. The predicted molar refractivity (Wildman–Crippen MR) is 73.7 cm³/mol. The largest absolute Gasteiger partial charge is 0.336 e. The van der Waals surface area contributed by atoms with Gasteiger partial charge in [-0.3, -0.25) is 4.79 Å². The van der Waals surface area contributed by atoms with Crippen LogP contribution in [-0.2, 0) is 0 Å². The van der Waals surface area contributed by atoms with Gasteiger partial charge in [-0.25, -0.2) is 4.39 Å². The van der Waals surface area contributed by atoms with Gasteiger partial charge in [0.15, 0.2) is 0 Å². The molecule has 0 unspecified atom stereocenters. The van der Waals surface area contributed by atoms with Crippen LogP contribution in [0.25, 0.3) is 0 Å². The summed E-state index contributed by atoms with van der Waals surface area (Å²) in [5.41, 5.74) is 1.24. The molecule has 0 aromatic heterocycles. The molecule has 0 radical (unpaired) electrons. The molecule has 0 bridgehead atoms. The predicted octanol–water partition coefficient (Wildman–Crippen LogP) is 2.35. The van der Waals surface area contributed by atoms with Crippen LogP contribution in [0, 0.1) is 12.7 Å². The first-order valence-corrected chi connectivity index (χ1v) is 6.90. The van der Waals surface area contributed by atoms with E-state index in [1.807, 2.05) is 11.8 Å². The number of carbonyl (C=O) groups is 1. The topological polar surface area (TPSA) is 32.3 Å². The summed E-state index contributed by atoms with van der Waals surface area (Å²) in [6, 6.07) is 4.80. The van der Waals surface area contributed by atoms with Gasteiger partial charge in [0.2, 0.25) is 0 Å². The van der Waals surface area contributed by atoms with Crippen molar-refractivity contribution in [3.63, 3.8) is 0 Å². The number of hydrogen-bond donors (Lipinski definition) is 1. The molecule has 104 valence electrons. The van der Waals surface area contributed by atoms with Crippen molar-refractivity contribution >= 4 is 5.91 Å². The molecule has 2 rings (SSSR count). The fraction of sp³-hybridized carbons (Fsp3) is 0.533.